The van der Waals surface area contributed by atoms with Crippen molar-refractivity contribution in [2.45, 2.75) is 0 Å². The lowest BCUT2D eigenvalue weighted by Gasteiger charge is -1.99. The summed E-state index contributed by atoms with van der Waals surface area (Å²) in [6.45, 7) is 0. The van der Waals surface area contributed by atoms with E-state index in [0.717, 1.165) is 22.2 Å². The fourth-order valence-corrected chi connectivity index (χ4v) is 2.69. The molecule has 2 aromatic carbocycles. The van der Waals surface area contributed by atoms with Crippen molar-refractivity contribution in [3.63, 3.8) is 0 Å². The predicted molar refractivity (Wildman–Crippen MR) is 74.2 cm³/mol. The van der Waals surface area contributed by atoms with Gasteiger partial charge in [-0.2, -0.15) is 0 Å². The van der Waals surface area contributed by atoms with Crippen LogP contribution in [-0.2, 0) is 0 Å². The number of halogens is 4. The first-order valence-electron chi connectivity index (χ1n) is 5.34. The molecule has 1 N–H and O–H groups in total. The van der Waals surface area contributed by atoms with Gasteiger partial charge in [-0.3, -0.25) is 0 Å². The van der Waals surface area contributed by atoms with E-state index in [2.05, 4.69) is 25.9 Å². The average Bonchev–Trinajstić information content (AvgIpc) is 2.71. The number of hydrogen-bond donors (Lipinski definition) is 1. The van der Waals surface area contributed by atoms with E-state index in [9.17, 15) is 8.78 Å². The summed E-state index contributed by atoms with van der Waals surface area (Å²) in [4.78, 5) is 7.16. The van der Waals surface area contributed by atoms with Crippen LogP contribution in [-0.4, -0.2) is 9.97 Å². The maximum absolute atomic E-state index is 13.1. The van der Waals surface area contributed by atoms with Gasteiger partial charge in [0.15, 0.2) is 11.6 Å². The summed E-state index contributed by atoms with van der Waals surface area (Å²) in [7, 11) is 0. The highest BCUT2D eigenvalue weighted by Crippen LogP contribution is 2.27. The van der Waals surface area contributed by atoms with Gasteiger partial charge < -0.3 is 4.98 Å². The predicted octanol–water partition coefficient (Wildman–Crippen LogP) is 4.92. The molecule has 19 heavy (non-hydrogen) atoms. The van der Waals surface area contributed by atoms with Crippen LogP contribution in [0, 0.1) is 11.6 Å². The third kappa shape index (κ3) is 2.35. The third-order valence-electron chi connectivity index (χ3n) is 2.66. The van der Waals surface area contributed by atoms with Gasteiger partial charge in [0.05, 0.1) is 11.0 Å². The zero-order valence-corrected chi connectivity index (χ0v) is 11.7. The number of H-pyrrole nitrogens is 1. The van der Waals surface area contributed by atoms with Crippen LogP contribution in [0.2, 0.25) is 5.02 Å². The summed E-state index contributed by atoms with van der Waals surface area (Å²) in [5.41, 5.74) is 1.53. The molecule has 0 atom stereocenters. The van der Waals surface area contributed by atoms with Crippen LogP contribution in [0.15, 0.2) is 34.8 Å². The minimum Gasteiger partial charge on any atom is -0.338 e. The zero-order valence-electron chi connectivity index (χ0n) is 9.35. The van der Waals surface area contributed by atoms with Crippen LogP contribution in [0.1, 0.15) is 0 Å². The molecule has 3 aromatic rings. The Morgan fingerprint density at radius 1 is 1.05 bits per heavy atom. The second-order valence-electron chi connectivity index (χ2n) is 4.03. The third-order valence-corrected chi connectivity index (χ3v) is 3.34. The molecule has 6 heteroatoms. The molecule has 0 bridgehead atoms. The maximum Gasteiger partial charge on any atom is 0.161 e. The van der Waals surface area contributed by atoms with E-state index in [4.69, 9.17) is 11.6 Å². The van der Waals surface area contributed by atoms with Gasteiger partial charge in [0.25, 0.3) is 0 Å². The van der Waals surface area contributed by atoms with Gasteiger partial charge in [0, 0.05) is 27.2 Å². The Morgan fingerprint density at radius 2 is 1.79 bits per heavy atom. The summed E-state index contributed by atoms with van der Waals surface area (Å²) in [6.07, 6.45) is 0. The molecule has 3 rings (SSSR count). The van der Waals surface area contributed by atoms with Crippen molar-refractivity contribution >= 4 is 38.6 Å². The Labute approximate surface area is 120 Å². The normalized spacial score (nSPS) is 11.2. The molecule has 0 spiro atoms. The van der Waals surface area contributed by atoms with E-state index in [0.29, 0.717) is 21.9 Å². The number of benzene rings is 2. The summed E-state index contributed by atoms with van der Waals surface area (Å²) < 4.78 is 27.1. The molecular weight excluding hydrogens is 338 g/mol. The highest BCUT2D eigenvalue weighted by atomic mass is 79.9. The second kappa shape index (κ2) is 4.58. The minimum atomic E-state index is -0.919. The summed E-state index contributed by atoms with van der Waals surface area (Å²) >= 11 is 9.29. The summed E-state index contributed by atoms with van der Waals surface area (Å²) in [5, 5.41) is 0.544. The molecular formula is C13H6BrClF2N2. The van der Waals surface area contributed by atoms with Crippen molar-refractivity contribution in [1.29, 1.82) is 0 Å². The molecule has 0 aliphatic rings. The first-order valence-corrected chi connectivity index (χ1v) is 6.51. The molecule has 1 aromatic heterocycles. The first-order chi connectivity index (χ1) is 9.02. The molecule has 0 aliphatic carbocycles. The fourth-order valence-electron chi connectivity index (χ4n) is 1.83. The van der Waals surface area contributed by atoms with E-state index in [-0.39, 0.29) is 0 Å². The van der Waals surface area contributed by atoms with Gasteiger partial charge in [-0.15, -0.1) is 0 Å². The first kappa shape index (κ1) is 12.6. The Morgan fingerprint density at radius 3 is 2.53 bits per heavy atom. The van der Waals surface area contributed by atoms with Crippen molar-refractivity contribution in [1.82, 2.24) is 9.97 Å². The Balaban J connectivity index is 2.20. The number of nitrogens with one attached hydrogen (secondary N) is 1. The standard InChI is InChI=1S/C13H6BrClF2N2/c14-7-1-6(2-8(15)3-7)13-18-11-4-9(16)10(17)5-12(11)19-13/h1-5H,(H,18,19). The number of nitrogens with zero attached hydrogens (tertiary/aromatic N) is 1. The van der Waals surface area contributed by atoms with Crippen molar-refractivity contribution < 1.29 is 8.78 Å². The van der Waals surface area contributed by atoms with Gasteiger partial charge in [-0.25, -0.2) is 13.8 Å². The van der Waals surface area contributed by atoms with E-state index in [1.165, 1.54) is 0 Å². The molecule has 0 unspecified atom stereocenters. The van der Waals surface area contributed by atoms with E-state index in [1.54, 1.807) is 12.1 Å². The van der Waals surface area contributed by atoms with Crippen LogP contribution in [0.5, 0.6) is 0 Å². The molecule has 2 nitrogen and oxygen atoms in total. The largest absolute Gasteiger partial charge is 0.338 e. The van der Waals surface area contributed by atoms with Crippen molar-refractivity contribution in [2.24, 2.45) is 0 Å². The topological polar surface area (TPSA) is 28.7 Å². The lowest BCUT2D eigenvalue weighted by Crippen LogP contribution is -1.82. The van der Waals surface area contributed by atoms with Gasteiger partial charge >= 0.3 is 0 Å². The maximum atomic E-state index is 13.1. The number of hydrogen-bond acceptors (Lipinski definition) is 1. The van der Waals surface area contributed by atoms with Crippen LogP contribution >= 0.6 is 27.5 Å². The lowest BCUT2D eigenvalue weighted by atomic mass is 10.2. The minimum absolute atomic E-state index is 0.366. The molecule has 96 valence electrons. The Bertz CT molecular complexity index is 726. The van der Waals surface area contributed by atoms with Crippen LogP contribution in [0.4, 0.5) is 8.78 Å². The molecule has 0 saturated carbocycles. The van der Waals surface area contributed by atoms with Gasteiger partial charge in [-0.1, -0.05) is 27.5 Å². The second-order valence-corrected chi connectivity index (χ2v) is 5.38. The van der Waals surface area contributed by atoms with Crippen molar-refractivity contribution in [3.8, 4) is 11.4 Å². The molecule has 0 amide bonds. The Hall–Kier alpha value is -1.46. The van der Waals surface area contributed by atoms with Crippen LogP contribution in [0.25, 0.3) is 22.4 Å². The highest BCUT2D eigenvalue weighted by Gasteiger charge is 2.10. The SMILES string of the molecule is Fc1cc2nc(-c3cc(Cl)cc(Br)c3)[nH]c2cc1F. The molecule has 0 aliphatic heterocycles. The summed E-state index contributed by atoms with van der Waals surface area (Å²) in [5.74, 6) is -1.32. The number of rotatable bonds is 1. The van der Waals surface area contributed by atoms with Crippen molar-refractivity contribution in [2.75, 3.05) is 0 Å². The average molecular weight is 344 g/mol. The van der Waals surface area contributed by atoms with E-state index < -0.39 is 11.6 Å². The quantitative estimate of drug-likeness (QED) is 0.667. The smallest absolute Gasteiger partial charge is 0.161 e. The number of fused-ring (bicyclic) bond motifs is 1. The molecule has 1 heterocycles. The van der Waals surface area contributed by atoms with Crippen LogP contribution in [0.3, 0.4) is 0 Å². The van der Waals surface area contributed by atoms with Gasteiger partial charge in [0.1, 0.15) is 5.82 Å². The molecule has 0 saturated heterocycles. The molecule has 0 fully saturated rings. The fraction of sp³-hybridized carbons (Fsp3) is 0. The number of aromatic amines is 1. The monoisotopic (exact) mass is 342 g/mol. The lowest BCUT2D eigenvalue weighted by molar-refractivity contribution is 0.510. The molecule has 0 radical (unpaired) electrons. The number of imidazole rings is 1. The van der Waals surface area contributed by atoms with Crippen molar-refractivity contribution in [3.05, 3.63) is 51.5 Å². The van der Waals surface area contributed by atoms with E-state index >= 15 is 0 Å². The Kier molecular flexibility index (Phi) is 3.03. The number of aromatic nitrogens is 2. The van der Waals surface area contributed by atoms with E-state index in [1.807, 2.05) is 6.07 Å². The van der Waals surface area contributed by atoms with Gasteiger partial charge in [0.2, 0.25) is 0 Å². The highest BCUT2D eigenvalue weighted by molar-refractivity contribution is 9.10. The summed E-state index contributed by atoms with van der Waals surface area (Å²) in [6, 6.07) is 7.42. The van der Waals surface area contributed by atoms with Gasteiger partial charge in [-0.05, 0) is 18.2 Å². The zero-order chi connectivity index (χ0) is 13.6. The van der Waals surface area contributed by atoms with Crippen LogP contribution < -0.4 is 0 Å².